The fourth-order valence-electron chi connectivity index (χ4n) is 0.995. The summed E-state index contributed by atoms with van der Waals surface area (Å²) in [6.45, 7) is 1.53. The van der Waals surface area contributed by atoms with E-state index in [-0.39, 0.29) is 12.2 Å². The lowest BCUT2D eigenvalue weighted by molar-refractivity contribution is -0.140. The summed E-state index contributed by atoms with van der Waals surface area (Å²) in [5.41, 5.74) is 0.0167. The number of benzene rings is 1. The third kappa shape index (κ3) is 2.87. The van der Waals surface area contributed by atoms with Crippen LogP contribution in [-0.4, -0.2) is 12.6 Å². The van der Waals surface area contributed by atoms with Crippen molar-refractivity contribution >= 4 is 11.8 Å². The second-order valence-electron chi connectivity index (χ2n) is 2.71. The summed E-state index contributed by atoms with van der Waals surface area (Å²) in [7, 11) is 0. The van der Waals surface area contributed by atoms with Gasteiger partial charge in [0.15, 0.2) is 5.83 Å². The molecule has 0 spiro atoms. The summed E-state index contributed by atoms with van der Waals surface area (Å²) in [6.07, 6.45) is 0. The van der Waals surface area contributed by atoms with Crippen LogP contribution in [0.5, 0.6) is 0 Å². The SMILES string of the molecule is CCOC(=O)C(F)=C(F)c1ccccc1. The molecule has 0 amide bonds. The van der Waals surface area contributed by atoms with E-state index in [1.165, 1.54) is 19.1 Å². The van der Waals surface area contributed by atoms with E-state index in [9.17, 15) is 13.6 Å². The van der Waals surface area contributed by atoms with E-state index in [4.69, 9.17) is 0 Å². The summed E-state index contributed by atoms with van der Waals surface area (Å²) in [5.74, 6) is -3.98. The van der Waals surface area contributed by atoms with Crippen molar-refractivity contribution < 1.29 is 18.3 Å². The molecule has 1 rings (SSSR count). The average Bonchev–Trinajstić information content (AvgIpc) is 2.28. The Morgan fingerprint density at radius 1 is 1.27 bits per heavy atom. The fourth-order valence-corrected chi connectivity index (χ4v) is 0.995. The zero-order valence-corrected chi connectivity index (χ0v) is 8.17. The molecule has 0 bridgehead atoms. The van der Waals surface area contributed by atoms with Crippen LogP contribution in [0.25, 0.3) is 5.83 Å². The van der Waals surface area contributed by atoms with Crippen LogP contribution in [0.4, 0.5) is 8.78 Å². The molecular weight excluding hydrogens is 202 g/mol. The number of carbonyl (C=O) groups is 1. The highest BCUT2D eigenvalue weighted by atomic mass is 19.2. The van der Waals surface area contributed by atoms with Crippen molar-refractivity contribution in [2.45, 2.75) is 6.92 Å². The predicted molar refractivity (Wildman–Crippen MR) is 52.2 cm³/mol. The molecule has 15 heavy (non-hydrogen) atoms. The van der Waals surface area contributed by atoms with Gasteiger partial charge in [-0.2, -0.15) is 4.39 Å². The highest BCUT2D eigenvalue weighted by Gasteiger charge is 2.17. The maximum Gasteiger partial charge on any atom is 0.370 e. The third-order valence-electron chi connectivity index (χ3n) is 1.67. The van der Waals surface area contributed by atoms with Crippen LogP contribution < -0.4 is 0 Å². The molecule has 0 saturated heterocycles. The molecule has 0 aromatic heterocycles. The first-order chi connectivity index (χ1) is 7.16. The molecule has 80 valence electrons. The van der Waals surface area contributed by atoms with Gasteiger partial charge < -0.3 is 4.74 Å². The van der Waals surface area contributed by atoms with Gasteiger partial charge in [-0.25, -0.2) is 9.18 Å². The number of halogens is 2. The van der Waals surface area contributed by atoms with Crippen molar-refractivity contribution in [2.24, 2.45) is 0 Å². The van der Waals surface area contributed by atoms with Crippen molar-refractivity contribution in [3.05, 3.63) is 41.7 Å². The summed E-state index contributed by atoms with van der Waals surface area (Å²) in [4.78, 5) is 10.9. The summed E-state index contributed by atoms with van der Waals surface area (Å²) >= 11 is 0. The molecular formula is C11H10F2O2. The number of rotatable bonds is 3. The molecule has 0 heterocycles. The van der Waals surface area contributed by atoms with E-state index in [2.05, 4.69) is 4.74 Å². The van der Waals surface area contributed by atoms with Gasteiger partial charge in [-0.05, 0) is 6.92 Å². The summed E-state index contributed by atoms with van der Waals surface area (Å²) in [6, 6.07) is 7.50. The number of hydrogen-bond donors (Lipinski definition) is 0. The van der Waals surface area contributed by atoms with Crippen LogP contribution >= 0.6 is 0 Å². The van der Waals surface area contributed by atoms with Gasteiger partial charge in [0.05, 0.1) is 6.61 Å². The first-order valence-corrected chi connectivity index (χ1v) is 4.44. The Balaban J connectivity index is 2.95. The van der Waals surface area contributed by atoms with Crippen molar-refractivity contribution in [1.82, 2.24) is 0 Å². The quantitative estimate of drug-likeness (QED) is 0.568. The van der Waals surface area contributed by atoms with E-state index in [0.717, 1.165) is 0 Å². The molecule has 1 aromatic carbocycles. The number of esters is 1. The topological polar surface area (TPSA) is 26.3 Å². The lowest BCUT2D eigenvalue weighted by atomic mass is 10.2. The number of ether oxygens (including phenoxy) is 1. The van der Waals surface area contributed by atoms with Gasteiger partial charge in [-0.15, -0.1) is 0 Å². The Kier molecular flexibility index (Phi) is 3.97. The smallest absolute Gasteiger partial charge is 0.370 e. The molecule has 0 unspecified atom stereocenters. The Morgan fingerprint density at radius 2 is 1.87 bits per heavy atom. The average molecular weight is 212 g/mol. The maximum atomic E-state index is 13.3. The van der Waals surface area contributed by atoms with Gasteiger partial charge in [-0.3, -0.25) is 0 Å². The van der Waals surface area contributed by atoms with Crippen LogP contribution in [0, 0.1) is 0 Å². The Morgan fingerprint density at radius 3 is 2.40 bits per heavy atom. The standard InChI is InChI=1S/C11H10F2O2/c1-2-15-11(14)10(13)9(12)8-6-4-3-5-7-8/h3-7H,2H2,1H3. The van der Waals surface area contributed by atoms with Crippen molar-refractivity contribution in [3.63, 3.8) is 0 Å². The summed E-state index contributed by atoms with van der Waals surface area (Å²) in [5, 5.41) is 0. The second-order valence-corrected chi connectivity index (χ2v) is 2.71. The fraction of sp³-hybridized carbons (Fsp3) is 0.182. The minimum absolute atomic E-state index is 0.00826. The highest BCUT2D eigenvalue weighted by Crippen LogP contribution is 2.21. The number of carbonyl (C=O) groups excluding carboxylic acids is 1. The van der Waals surface area contributed by atoms with Gasteiger partial charge in [-0.1, -0.05) is 30.3 Å². The van der Waals surface area contributed by atoms with Gasteiger partial charge in [0, 0.05) is 5.56 Å². The zero-order valence-electron chi connectivity index (χ0n) is 8.17. The van der Waals surface area contributed by atoms with E-state index >= 15 is 0 Å². The molecule has 4 heteroatoms. The van der Waals surface area contributed by atoms with Gasteiger partial charge in [0.1, 0.15) is 0 Å². The highest BCUT2D eigenvalue weighted by molar-refractivity contribution is 5.93. The maximum absolute atomic E-state index is 13.3. The Bertz CT molecular complexity index is 371. The molecule has 0 N–H and O–H groups in total. The predicted octanol–water partition coefficient (Wildman–Crippen LogP) is 2.86. The first kappa shape index (κ1) is 11.4. The minimum Gasteiger partial charge on any atom is -0.461 e. The Labute approximate surface area is 86.2 Å². The summed E-state index contributed by atoms with van der Waals surface area (Å²) < 4.78 is 30.7. The van der Waals surface area contributed by atoms with Gasteiger partial charge in [0.2, 0.25) is 5.83 Å². The Hall–Kier alpha value is -1.71. The largest absolute Gasteiger partial charge is 0.461 e. The van der Waals surface area contributed by atoms with E-state index < -0.39 is 17.6 Å². The lowest BCUT2D eigenvalue weighted by Gasteiger charge is -2.01. The van der Waals surface area contributed by atoms with Gasteiger partial charge >= 0.3 is 5.97 Å². The molecule has 0 radical (unpaired) electrons. The zero-order chi connectivity index (χ0) is 11.3. The normalized spacial score (nSPS) is 11.9. The molecule has 0 aliphatic rings. The molecule has 2 nitrogen and oxygen atoms in total. The molecule has 0 fully saturated rings. The monoisotopic (exact) mass is 212 g/mol. The van der Waals surface area contributed by atoms with Crippen LogP contribution in [0.2, 0.25) is 0 Å². The molecule has 0 atom stereocenters. The molecule has 0 aliphatic heterocycles. The van der Waals surface area contributed by atoms with Crippen LogP contribution in [0.3, 0.4) is 0 Å². The van der Waals surface area contributed by atoms with Crippen molar-refractivity contribution in [3.8, 4) is 0 Å². The van der Waals surface area contributed by atoms with Crippen LogP contribution in [0.1, 0.15) is 12.5 Å². The number of hydrogen-bond acceptors (Lipinski definition) is 2. The van der Waals surface area contributed by atoms with Gasteiger partial charge in [0.25, 0.3) is 0 Å². The third-order valence-corrected chi connectivity index (χ3v) is 1.67. The van der Waals surface area contributed by atoms with Crippen molar-refractivity contribution in [2.75, 3.05) is 6.61 Å². The second kappa shape index (κ2) is 5.24. The van der Waals surface area contributed by atoms with Crippen LogP contribution in [0.15, 0.2) is 36.2 Å². The molecule has 1 aromatic rings. The van der Waals surface area contributed by atoms with E-state index in [1.54, 1.807) is 18.2 Å². The molecule has 0 saturated carbocycles. The van der Waals surface area contributed by atoms with Crippen molar-refractivity contribution in [1.29, 1.82) is 0 Å². The minimum atomic E-state index is -1.50. The molecule has 0 aliphatic carbocycles. The van der Waals surface area contributed by atoms with E-state index in [0.29, 0.717) is 0 Å². The van der Waals surface area contributed by atoms with E-state index in [1.807, 2.05) is 0 Å². The lowest BCUT2D eigenvalue weighted by Crippen LogP contribution is -2.05. The first-order valence-electron chi connectivity index (χ1n) is 4.44. The van der Waals surface area contributed by atoms with Crippen LogP contribution in [-0.2, 0) is 9.53 Å².